The van der Waals surface area contributed by atoms with Gasteiger partial charge in [0.15, 0.2) is 5.82 Å². The molecule has 0 saturated heterocycles. The number of imidazole rings is 1. The maximum atomic E-state index is 13.1. The van der Waals surface area contributed by atoms with Crippen LogP contribution >= 0.6 is 0 Å². The number of rotatable bonds is 3. The molecule has 9 heteroatoms. The Kier molecular flexibility index (Phi) is 3.68. The molecule has 0 bridgehead atoms. The summed E-state index contributed by atoms with van der Waals surface area (Å²) in [6, 6.07) is 3.32. The molecule has 0 aliphatic carbocycles. The lowest BCUT2D eigenvalue weighted by atomic mass is 10.2. The molecule has 0 amide bonds. The molecule has 0 saturated carbocycles. The van der Waals surface area contributed by atoms with E-state index in [9.17, 15) is 13.2 Å². The van der Waals surface area contributed by atoms with Crippen LogP contribution in [0.4, 0.5) is 13.2 Å². The van der Waals surface area contributed by atoms with E-state index >= 15 is 0 Å². The number of nitrogens with zero attached hydrogens (tertiary/aromatic N) is 4. The van der Waals surface area contributed by atoms with E-state index < -0.39 is 11.9 Å². The molecule has 0 aromatic carbocycles. The van der Waals surface area contributed by atoms with Crippen molar-refractivity contribution in [3.63, 3.8) is 0 Å². The first kappa shape index (κ1) is 15.9. The summed E-state index contributed by atoms with van der Waals surface area (Å²) in [7, 11) is 0. The van der Waals surface area contributed by atoms with Gasteiger partial charge in [-0.1, -0.05) is 0 Å². The van der Waals surface area contributed by atoms with Gasteiger partial charge in [-0.2, -0.15) is 18.3 Å². The fourth-order valence-electron chi connectivity index (χ4n) is 3.08. The Hall–Kier alpha value is -2.55. The molecule has 1 N–H and O–H groups in total. The topological polar surface area (TPSA) is 60.8 Å². The van der Waals surface area contributed by atoms with Crippen molar-refractivity contribution in [2.45, 2.75) is 32.7 Å². The molecular formula is C16H16F3N5O. The second-order valence-corrected chi connectivity index (χ2v) is 6.01. The van der Waals surface area contributed by atoms with Gasteiger partial charge in [-0.25, -0.2) is 4.98 Å². The summed E-state index contributed by atoms with van der Waals surface area (Å²) >= 11 is 0. The fraction of sp³-hybridized carbons (Fsp3) is 0.375. The molecule has 1 aliphatic heterocycles. The lowest BCUT2D eigenvalue weighted by molar-refractivity contribution is -0.154. The van der Waals surface area contributed by atoms with Crippen LogP contribution in [-0.4, -0.2) is 25.9 Å². The molecule has 1 aliphatic rings. The molecule has 0 atom stereocenters. The third-order valence-electron chi connectivity index (χ3n) is 4.14. The molecule has 0 spiro atoms. The predicted molar refractivity (Wildman–Crippen MR) is 82.7 cm³/mol. The van der Waals surface area contributed by atoms with Crippen molar-refractivity contribution in [1.82, 2.24) is 24.6 Å². The summed E-state index contributed by atoms with van der Waals surface area (Å²) < 4.78 is 47.8. The van der Waals surface area contributed by atoms with E-state index in [0.717, 1.165) is 18.8 Å². The van der Waals surface area contributed by atoms with Crippen molar-refractivity contribution in [1.29, 1.82) is 0 Å². The van der Waals surface area contributed by atoms with Crippen molar-refractivity contribution in [2.24, 2.45) is 0 Å². The maximum Gasteiger partial charge on any atom is 0.449 e. The van der Waals surface area contributed by atoms with Crippen molar-refractivity contribution in [3.8, 4) is 11.5 Å². The van der Waals surface area contributed by atoms with E-state index in [1.165, 1.54) is 13.0 Å². The average Bonchev–Trinajstić information content (AvgIpc) is 3.24. The normalized spacial score (nSPS) is 14.7. The first-order valence-electron chi connectivity index (χ1n) is 7.87. The standard InChI is InChI=1S/C16H16F3N5O/c1-10-6-11(14(25-10)16(17,18)19)9-23-4-3-21-15(23)13-7-12-8-20-2-5-24(12)22-13/h3-4,6-7,20H,2,5,8-9H2,1H3. The molecule has 25 heavy (non-hydrogen) atoms. The van der Waals surface area contributed by atoms with Crippen LogP contribution in [0.1, 0.15) is 22.8 Å². The van der Waals surface area contributed by atoms with Gasteiger partial charge in [0, 0.05) is 31.0 Å². The van der Waals surface area contributed by atoms with Gasteiger partial charge in [0.1, 0.15) is 11.5 Å². The molecule has 3 aromatic rings. The van der Waals surface area contributed by atoms with Gasteiger partial charge < -0.3 is 14.3 Å². The lowest BCUT2D eigenvalue weighted by Crippen LogP contribution is -2.28. The van der Waals surface area contributed by atoms with Gasteiger partial charge in [0.05, 0.1) is 18.8 Å². The second-order valence-electron chi connectivity index (χ2n) is 6.01. The highest BCUT2D eigenvalue weighted by atomic mass is 19.4. The molecule has 4 rings (SSSR count). The summed E-state index contributed by atoms with van der Waals surface area (Å²) in [6.07, 6.45) is -1.32. The minimum absolute atomic E-state index is 0.0158. The predicted octanol–water partition coefficient (Wildman–Crippen LogP) is 2.82. The lowest BCUT2D eigenvalue weighted by Gasteiger charge is -2.13. The number of furan rings is 1. The zero-order valence-corrected chi connectivity index (χ0v) is 13.5. The van der Waals surface area contributed by atoms with E-state index in [1.807, 2.05) is 10.7 Å². The van der Waals surface area contributed by atoms with Crippen LogP contribution in [0.3, 0.4) is 0 Å². The highest BCUT2D eigenvalue weighted by Crippen LogP contribution is 2.34. The van der Waals surface area contributed by atoms with Crippen LogP contribution in [-0.2, 0) is 25.8 Å². The van der Waals surface area contributed by atoms with Crippen molar-refractivity contribution in [3.05, 3.63) is 47.3 Å². The monoisotopic (exact) mass is 351 g/mol. The quantitative estimate of drug-likeness (QED) is 0.788. The third kappa shape index (κ3) is 2.95. The molecule has 4 heterocycles. The fourth-order valence-corrected chi connectivity index (χ4v) is 3.08. The number of fused-ring (bicyclic) bond motifs is 1. The molecule has 3 aromatic heterocycles. The molecule has 0 unspecified atom stereocenters. The van der Waals surface area contributed by atoms with Crippen LogP contribution in [0, 0.1) is 6.92 Å². The SMILES string of the molecule is Cc1cc(Cn2ccnc2-c2cc3n(n2)CCNC3)c(C(F)(F)F)o1. The number of hydrogen-bond donors (Lipinski definition) is 1. The zero-order chi connectivity index (χ0) is 17.6. The number of alkyl halides is 3. The Balaban J connectivity index is 1.68. The van der Waals surface area contributed by atoms with E-state index in [4.69, 9.17) is 4.42 Å². The van der Waals surface area contributed by atoms with Crippen LogP contribution in [0.2, 0.25) is 0 Å². The first-order valence-corrected chi connectivity index (χ1v) is 7.87. The molecular weight excluding hydrogens is 335 g/mol. The Morgan fingerprint density at radius 3 is 2.92 bits per heavy atom. The minimum atomic E-state index is -4.52. The number of nitrogens with one attached hydrogen (secondary N) is 1. The van der Waals surface area contributed by atoms with Gasteiger partial charge in [0.2, 0.25) is 5.76 Å². The number of aromatic nitrogens is 4. The number of halogens is 3. The minimum Gasteiger partial charge on any atom is -0.456 e. The van der Waals surface area contributed by atoms with E-state index in [2.05, 4.69) is 15.4 Å². The van der Waals surface area contributed by atoms with Gasteiger partial charge in [-0.05, 0) is 19.1 Å². The first-order chi connectivity index (χ1) is 11.9. The van der Waals surface area contributed by atoms with E-state index in [0.29, 0.717) is 18.1 Å². The largest absolute Gasteiger partial charge is 0.456 e. The van der Waals surface area contributed by atoms with Crippen LogP contribution in [0.15, 0.2) is 28.9 Å². The van der Waals surface area contributed by atoms with Gasteiger partial charge >= 0.3 is 6.18 Å². The number of aryl methyl sites for hydroxylation is 1. The Labute approximate surface area is 141 Å². The Morgan fingerprint density at radius 1 is 1.32 bits per heavy atom. The van der Waals surface area contributed by atoms with Gasteiger partial charge in [-0.15, -0.1) is 0 Å². The zero-order valence-electron chi connectivity index (χ0n) is 13.5. The van der Waals surface area contributed by atoms with Crippen molar-refractivity contribution < 1.29 is 17.6 Å². The third-order valence-corrected chi connectivity index (χ3v) is 4.14. The van der Waals surface area contributed by atoms with Gasteiger partial charge in [0.25, 0.3) is 0 Å². The smallest absolute Gasteiger partial charge is 0.449 e. The van der Waals surface area contributed by atoms with Crippen molar-refractivity contribution >= 4 is 0 Å². The molecule has 0 fully saturated rings. The summed E-state index contributed by atoms with van der Waals surface area (Å²) in [4.78, 5) is 4.28. The average molecular weight is 351 g/mol. The highest BCUT2D eigenvalue weighted by Gasteiger charge is 2.38. The number of hydrogen-bond acceptors (Lipinski definition) is 4. The highest BCUT2D eigenvalue weighted by molar-refractivity contribution is 5.51. The van der Waals surface area contributed by atoms with Crippen LogP contribution < -0.4 is 5.32 Å². The molecule has 132 valence electrons. The van der Waals surface area contributed by atoms with E-state index in [-0.39, 0.29) is 17.9 Å². The Morgan fingerprint density at radius 2 is 2.16 bits per heavy atom. The van der Waals surface area contributed by atoms with E-state index in [1.54, 1.807) is 17.0 Å². The Bertz CT molecular complexity index is 882. The summed E-state index contributed by atoms with van der Waals surface area (Å²) in [6.45, 7) is 3.83. The van der Waals surface area contributed by atoms with Gasteiger partial charge in [-0.3, -0.25) is 4.68 Å². The summed E-state index contributed by atoms with van der Waals surface area (Å²) in [5.41, 5.74) is 1.76. The summed E-state index contributed by atoms with van der Waals surface area (Å²) in [5.74, 6) is -0.195. The molecule has 6 nitrogen and oxygen atoms in total. The maximum absolute atomic E-state index is 13.1. The summed E-state index contributed by atoms with van der Waals surface area (Å²) in [5, 5.41) is 7.77. The van der Waals surface area contributed by atoms with Crippen LogP contribution in [0.5, 0.6) is 0 Å². The second kappa shape index (κ2) is 5.76. The molecule has 0 radical (unpaired) electrons. The van der Waals surface area contributed by atoms with Crippen molar-refractivity contribution in [2.75, 3.05) is 6.54 Å². The van der Waals surface area contributed by atoms with Crippen LogP contribution in [0.25, 0.3) is 11.5 Å².